The molecule has 24 heavy (non-hydrogen) atoms. The van der Waals surface area contributed by atoms with Crippen molar-refractivity contribution in [3.63, 3.8) is 0 Å². The summed E-state index contributed by atoms with van der Waals surface area (Å²) in [5.74, 6) is -2.04. The van der Waals surface area contributed by atoms with E-state index >= 15 is 0 Å². The number of sulfone groups is 1. The minimum absolute atomic E-state index is 0.00848. The molecule has 0 saturated heterocycles. The molecule has 1 fully saturated rings. The summed E-state index contributed by atoms with van der Waals surface area (Å²) in [6, 6.07) is 5.46. The van der Waals surface area contributed by atoms with Crippen molar-refractivity contribution < 1.29 is 27.5 Å². The molecule has 0 bridgehead atoms. The van der Waals surface area contributed by atoms with Crippen LogP contribution in [0.15, 0.2) is 24.3 Å². The molecule has 132 valence electrons. The molecule has 0 unspecified atom stereocenters. The average Bonchev–Trinajstić information content (AvgIpc) is 3.16. The Morgan fingerprint density at radius 1 is 1.25 bits per heavy atom. The SMILES string of the molecule is CS(=O)(=O)CC1(CC(=O)N(CC(=O)O)Cc2ccc(F)cc2)CC1. The van der Waals surface area contributed by atoms with E-state index in [1.54, 1.807) is 0 Å². The molecule has 1 aliphatic rings. The van der Waals surface area contributed by atoms with Crippen molar-refractivity contribution in [1.82, 2.24) is 4.90 Å². The van der Waals surface area contributed by atoms with Crippen LogP contribution in [-0.4, -0.2) is 48.9 Å². The Balaban J connectivity index is 2.08. The maximum Gasteiger partial charge on any atom is 0.323 e. The van der Waals surface area contributed by atoms with Gasteiger partial charge in [0.25, 0.3) is 0 Å². The summed E-state index contributed by atoms with van der Waals surface area (Å²) in [7, 11) is -3.21. The van der Waals surface area contributed by atoms with E-state index in [0.29, 0.717) is 18.4 Å². The lowest BCUT2D eigenvalue weighted by Crippen LogP contribution is -2.37. The van der Waals surface area contributed by atoms with Gasteiger partial charge in [0.15, 0.2) is 0 Å². The van der Waals surface area contributed by atoms with Crippen LogP contribution in [0.5, 0.6) is 0 Å². The van der Waals surface area contributed by atoms with Crippen molar-refractivity contribution in [3.05, 3.63) is 35.6 Å². The lowest BCUT2D eigenvalue weighted by molar-refractivity contribution is -0.145. The fourth-order valence-electron chi connectivity index (χ4n) is 2.74. The molecule has 0 atom stereocenters. The summed E-state index contributed by atoms with van der Waals surface area (Å²) in [5, 5.41) is 9.01. The molecule has 0 spiro atoms. The van der Waals surface area contributed by atoms with Gasteiger partial charge < -0.3 is 10.0 Å². The molecule has 8 heteroatoms. The van der Waals surface area contributed by atoms with Gasteiger partial charge in [0.05, 0.1) is 5.75 Å². The van der Waals surface area contributed by atoms with Crippen molar-refractivity contribution in [2.75, 3.05) is 18.6 Å². The highest BCUT2D eigenvalue weighted by Gasteiger charge is 2.47. The number of rotatable bonds is 8. The molecule has 0 radical (unpaired) electrons. The zero-order valence-corrected chi connectivity index (χ0v) is 14.2. The smallest absolute Gasteiger partial charge is 0.323 e. The first-order valence-corrected chi connectivity index (χ1v) is 9.56. The number of halogens is 1. The first-order valence-electron chi connectivity index (χ1n) is 7.50. The molecule has 1 aromatic rings. The number of carboxylic acids is 1. The summed E-state index contributed by atoms with van der Waals surface area (Å²) in [6.45, 7) is -0.439. The van der Waals surface area contributed by atoms with Gasteiger partial charge in [0.2, 0.25) is 5.91 Å². The highest BCUT2D eigenvalue weighted by molar-refractivity contribution is 7.90. The Kier molecular flexibility index (Phi) is 5.27. The maximum atomic E-state index is 12.9. The van der Waals surface area contributed by atoms with Gasteiger partial charge in [-0.2, -0.15) is 0 Å². The van der Waals surface area contributed by atoms with E-state index in [1.807, 2.05) is 0 Å². The monoisotopic (exact) mass is 357 g/mol. The Morgan fingerprint density at radius 2 is 1.83 bits per heavy atom. The number of amides is 1. The van der Waals surface area contributed by atoms with Gasteiger partial charge >= 0.3 is 5.97 Å². The fourth-order valence-corrected chi connectivity index (χ4v) is 4.25. The second-order valence-electron chi connectivity index (χ2n) is 6.52. The number of benzene rings is 1. The van der Waals surface area contributed by atoms with Gasteiger partial charge in [0.1, 0.15) is 22.2 Å². The topological polar surface area (TPSA) is 91.8 Å². The number of hydrogen-bond donors (Lipinski definition) is 1. The quantitative estimate of drug-likeness (QED) is 0.760. The minimum Gasteiger partial charge on any atom is -0.480 e. The molecule has 1 saturated carbocycles. The second-order valence-corrected chi connectivity index (χ2v) is 8.66. The molecule has 1 aromatic carbocycles. The number of carbonyl (C=O) groups excluding carboxylic acids is 1. The Hall–Kier alpha value is -1.96. The highest BCUT2D eigenvalue weighted by atomic mass is 32.2. The van der Waals surface area contributed by atoms with Crippen LogP contribution in [0.25, 0.3) is 0 Å². The van der Waals surface area contributed by atoms with Crippen LogP contribution in [0, 0.1) is 11.2 Å². The summed E-state index contributed by atoms with van der Waals surface area (Å²) >= 11 is 0. The molecular formula is C16H20FNO5S. The maximum absolute atomic E-state index is 12.9. The number of carbonyl (C=O) groups is 2. The molecule has 1 amide bonds. The van der Waals surface area contributed by atoms with Gasteiger partial charge in [-0.05, 0) is 36.0 Å². The molecule has 2 rings (SSSR count). The van der Waals surface area contributed by atoms with Crippen LogP contribution in [-0.2, 0) is 26.0 Å². The Morgan fingerprint density at radius 3 is 2.29 bits per heavy atom. The standard InChI is InChI=1S/C16H20FNO5S/c1-24(22,23)11-16(6-7-16)8-14(19)18(10-15(20)21)9-12-2-4-13(17)5-3-12/h2-5H,6-11H2,1H3,(H,20,21). The van der Waals surface area contributed by atoms with Crippen molar-refractivity contribution >= 4 is 21.7 Å². The first-order chi connectivity index (χ1) is 11.1. The van der Waals surface area contributed by atoms with Crippen LogP contribution < -0.4 is 0 Å². The molecule has 1 N–H and O–H groups in total. The largest absolute Gasteiger partial charge is 0.480 e. The Labute approximate surface area is 140 Å². The lowest BCUT2D eigenvalue weighted by Gasteiger charge is -2.23. The fraction of sp³-hybridized carbons (Fsp3) is 0.500. The highest BCUT2D eigenvalue weighted by Crippen LogP contribution is 2.50. The molecule has 1 aliphatic carbocycles. The number of carboxylic acid groups (broad SMARTS) is 1. The minimum atomic E-state index is -3.21. The van der Waals surface area contributed by atoms with E-state index in [2.05, 4.69) is 0 Å². The lowest BCUT2D eigenvalue weighted by atomic mass is 10.0. The van der Waals surface area contributed by atoms with Crippen LogP contribution in [0.2, 0.25) is 0 Å². The average molecular weight is 357 g/mol. The van der Waals surface area contributed by atoms with E-state index < -0.39 is 39.5 Å². The van der Waals surface area contributed by atoms with Crippen molar-refractivity contribution in [3.8, 4) is 0 Å². The molecular weight excluding hydrogens is 337 g/mol. The van der Waals surface area contributed by atoms with Crippen LogP contribution in [0.3, 0.4) is 0 Å². The van der Waals surface area contributed by atoms with Gasteiger partial charge in [-0.1, -0.05) is 12.1 Å². The van der Waals surface area contributed by atoms with Crippen molar-refractivity contribution in [2.24, 2.45) is 5.41 Å². The number of nitrogens with zero attached hydrogens (tertiary/aromatic N) is 1. The van der Waals surface area contributed by atoms with Gasteiger partial charge in [-0.3, -0.25) is 9.59 Å². The number of hydrogen-bond acceptors (Lipinski definition) is 4. The summed E-state index contributed by atoms with van der Waals surface area (Å²) in [4.78, 5) is 24.7. The second kappa shape index (κ2) is 6.88. The predicted molar refractivity (Wildman–Crippen MR) is 85.4 cm³/mol. The zero-order chi connectivity index (χ0) is 18.0. The summed E-state index contributed by atoms with van der Waals surface area (Å²) in [6.07, 6.45) is 2.42. The molecule has 0 aromatic heterocycles. The third-order valence-electron chi connectivity index (χ3n) is 4.02. The molecule has 0 aliphatic heterocycles. The zero-order valence-electron chi connectivity index (χ0n) is 13.4. The van der Waals surface area contributed by atoms with E-state index in [0.717, 1.165) is 11.2 Å². The summed E-state index contributed by atoms with van der Waals surface area (Å²) < 4.78 is 35.9. The Bertz CT molecular complexity index is 725. The van der Waals surface area contributed by atoms with Crippen LogP contribution in [0.1, 0.15) is 24.8 Å². The number of aliphatic carboxylic acids is 1. The van der Waals surface area contributed by atoms with Gasteiger partial charge in [-0.25, -0.2) is 12.8 Å². The molecule has 6 nitrogen and oxygen atoms in total. The third kappa shape index (κ3) is 5.59. The van der Waals surface area contributed by atoms with Gasteiger partial charge in [-0.15, -0.1) is 0 Å². The molecule has 0 heterocycles. The first kappa shape index (κ1) is 18.4. The third-order valence-corrected chi connectivity index (χ3v) is 5.15. The summed E-state index contributed by atoms with van der Waals surface area (Å²) in [5.41, 5.74) is 0.0449. The van der Waals surface area contributed by atoms with E-state index in [1.165, 1.54) is 24.3 Å². The predicted octanol–water partition coefficient (Wildman–Crippen LogP) is 1.45. The van der Waals surface area contributed by atoms with Crippen LogP contribution in [0.4, 0.5) is 4.39 Å². The van der Waals surface area contributed by atoms with E-state index in [-0.39, 0.29) is 18.7 Å². The normalized spacial score (nSPS) is 15.8. The van der Waals surface area contributed by atoms with E-state index in [9.17, 15) is 22.4 Å². The van der Waals surface area contributed by atoms with Crippen molar-refractivity contribution in [2.45, 2.75) is 25.8 Å². The van der Waals surface area contributed by atoms with Crippen molar-refractivity contribution in [1.29, 1.82) is 0 Å². The van der Waals surface area contributed by atoms with E-state index in [4.69, 9.17) is 5.11 Å². The van der Waals surface area contributed by atoms with Crippen LogP contribution >= 0.6 is 0 Å². The van der Waals surface area contributed by atoms with Gasteiger partial charge in [0, 0.05) is 19.2 Å².